The zero-order valence-corrected chi connectivity index (χ0v) is 11.1. The smallest absolute Gasteiger partial charge is 0.155 e. The lowest BCUT2D eigenvalue weighted by atomic mass is 9.73. The monoisotopic (exact) mass is 282 g/mol. The Bertz CT molecular complexity index is 115. The molecule has 0 rings (SSSR count). The van der Waals surface area contributed by atoms with Gasteiger partial charge in [0.1, 0.15) is 0 Å². The van der Waals surface area contributed by atoms with E-state index in [1.807, 2.05) is 0 Å². The first kappa shape index (κ1) is 12.1. The molecule has 0 fully saturated rings. The summed E-state index contributed by atoms with van der Waals surface area (Å²) in [6, 6.07) is 0. The van der Waals surface area contributed by atoms with Crippen molar-refractivity contribution < 1.29 is 0 Å². The minimum Gasteiger partial charge on any atom is -0.177 e. The van der Waals surface area contributed by atoms with Crippen LogP contribution in [0.15, 0.2) is 0 Å². The highest BCUT2D eigenvalue weighted by Gasteiger charge is 2.31. The van der Waals surface area contributed by atoms with Crippen LogP contribution < -0.4 is 0 Å². The highest BCUT2D eigenvalue weighted by Crippen LogP contribution is 2.34. The molecule has 0 aromatic rings. The molecule has 0 spiro atoms. The first-order valence-corrected chi connectivity index (χ1v) is 5.79. The summed E-state index contributed by atoms with van der Waals surface area (Å²) in [6.45, 7) is 11.2. The molecule has 63 valence electrons. The molecule has 0 heterocycles. The molecule has 2 unspecified atom stereocenters. The summed E-state index contributed by atoms with van der Waals surface area (Å²) < 4.78 is 0.639. The molecule has 0 aromatic carbocycles. The number of hydrogen-bond acceptors (Lipinski definition) is 0. The fourth-order valence-electron chi connectivity index (χ4n) is 1.27. The van der Waals surface area contributed by atoms with Gasteiger partial charge in [-0.25, -0.2) is 0 Å². The van der Waals surface area contributed by atoms with E-state index in [1.165, 1.54) is 12.3 Å². The zero-order valence-electron chi connectivity index (χ0n) is 7.82. The van der Waals surface area contributed by atoms with Crippen LogP contribution >= 0.6 is 31.7 Å². The molecule has 0 aromatic heterocycles. The van der Waals surface area contributed by atoms with Gasteiger partial charge in [-0.3, -0.25) is 0 Å². The maximum atomic E-state index is 2.70. The molecule has 0 nitrogen and oxygen atoms in total. The molecule has 0 saturated carbocycles. The molecule has 0 aliphatic rings. The molecule has 1 radical (unpaired) electrons. The van der Waals surface area contributed by atoms with Crippen LogP contribution in [0.3, 0.4) is 0 Å². The van der Waals surface area contributed by atoms with E-state index >= 15 is 0 Å². The second-order valence-electron chi connectivity index (χ2n) is 3.97. The average Bonchev–Trinajstić information content (AvgIpc) is 1.83. The number of hydrogen-bond donors (Lipinski definition) is 0. The topological polar surface area (TPSA) is 0 Å². The van der Waals surface area contributed by atoms with Crippen LogP contribution in [0, 0.1) is 11.3 Å². The van der Waals surface area contributed by atoms with Crippen LogP contribution in [0.5, 0.6) is 0 Å². The van der Waals surface area contributed by atoms with Gasteiger partial charge in [0.05, 0.1) is 26.2 Å². The summed E-state index contributed by atoms with van der Waals surface area (Å²) in [7, 11) is 2.70. The van der Waals surface area contributed by atoms with Crippen molar-refractivity contribution in [3.63, 3.8) is 0 Å². The largest absolute Gasteiger partial charge is 0.177 e. The Balaban J connectivity index is 3.98. The van der Waals surface area contributed by atoms with Crippen LogP contribution in [0.25, 0.3) is 0 Å². The van der Waals surface area contributed by atoms with Crippen molar-refractivity contribution in [2.24, 2.45) is 5.41 Å². The Hall–Kier alpha value is 1.09. The second-order valence-corrected chi connectivity index (χ2v) is 5.69. The third-order valence-electron chi connectivity index (χ3n) is 1.72. The van der Waals surface area contributed by atoms with Gasteiger partial charge in [-0.05, 0) is 3.82 Å². The van der Waals surface area contributed by atoms with Crippen LogP contribution in [0.2, 0.25) is 0 Å². The predicted octanol–water partition coefficient (Wildman–Crippen LogP) is 3.27. The number of alkyl halides is 1. The van der Waals surface area contributed by atoms with Gasteiger partial charge >= 0.3 is 0 Å². The van der Waals surface area contributed by atoms with Gasteiger partial charge in [-0.2, -0.15) is 9.12 Å². The fraction of sp³-hybridized carbons (Fsp3) is 0.875. The van der Waals surface area contributed by atoms with E-state index in [0.29, 0.717) is 9.24 Å². The van der Waals surface area contributed by atoms with Crippen LogP contribution in [0.1, 0.15) is 34.1 Å². The predicted molar refractivity (Wildman–Crippen MR) is 66.3 cm³/mol. The van der Waals surface area contributed by atoms with Crippen molar-refractivity contribution in [3.8, 4) is 0 Å². The molecule has 0 aliphatic carbocycles. The van der Waals surface area contributed by atoms with E-state index in [1.54, 1.807) is 0 Å². The Labute approximate surface area is 87.8 Å². The standard InChI is InChI=1S/C8H17BIP/c1-6(2)5-8(3,4)7(10)9-11/h7H,5,11H2,1-4H3/q+1. The van der Waals surface area contributed by atoms with Gasteiger partial charge < -0.3 is 0 Å². The summed E-state index contributed by atoms with van der Waals surface area (Å²) >= 11 is 2.49. The third-order valence-corrected chi connectivity index (χ3v) is 4.99. The molecular weight excluding hydrogens is 265 g/mol. The molecule has 0 aliphatic heterocycles. The molecule has 0 amide bonds. The van der Waals surface area contributed by atoms with Gasteiger partial charge in [-0.15, -0.1) is 0 Å². The van der Waals surface area contributed by atoms with Crippen LogP contribution in [-0.4, -0.2) is 10.8 Å². The third kappa shape index (κ3) is 4.62. The molecule has 0 bridgehead atoms. The number of rotatable bonds is 4. The number of halogens is 1. The van der Waals surface area contributed by atoms with E-state index in [9.17, 15) is 0 Å². The van der Waals surface area contributed by atoms with Gasteiger partial charge in [0.2, 0.25) is 0 Å². The first-order chi connectivity index (χ1) is 4.90. The van der Waals surface area contributed by atoms with Crippen LogP contribution in [-0.2, 0) is 0 Å². The second kappa shape index (κ2) is 4.96. The Morgan fingerprint density at radius 2 is 2.00 bits per heavy atom. The molecule has 2 atom stereocenters. The molecule has 11 heavy (non-hydrogen) atoms. The Morgan fingerprint density at radius 3 is 2.27 bits per heavy atom. The van der Waals surface area contributed by atoms with Crippen molar-refractivity contribution in [2.45, 2.75) is 37.9 Å². The van der Waals surface area contributed by atoms with Crippen LogP contribution in [0.4, 0.5) is 0 Å². The van der Waals surface area contributed by atoms with E-state index in [2.05, 4.69) is 66.4 Å². The molecule has 3 heteroatoms. The molecule has 0 saturated heterocycles. The van der Waals surface area contributed by atoms with E-state index in [4.69, 9.17) is 0 Å². The minimum atomic E-state index is 0.404. The normalized spacial score (nSPS) is 14.4. The zero-order chi connectivity index (χ0) is 9.07. The van der Waals surface area contributed by atoms with Gasteiger partial charge in [0.25, 0.3) is 0 Å². The Kier molecular flexibility index (Phi) is 5.46. The van der Waals surface area contributed by atoms with Crippen molar-refractivity contribution in [2.75, 3.05) is 0 Å². The summed E-state index contributed by atoms with van der Waals surface area (Å²) in [5.41, 5.74) is 0.404. The molecular formula is C8H17BIP+. The van der Waals surface area contributed by atoms with E-state index in [-0.39, 0.29) is 0 Å². The SMILES string of the molecule is C[C+](C)CC(C)(C)C(I)[B]P. The summed E-state index contributed by atoms with van der Waals surface area (Å²) in [5, 5.41) is 0. The minimum absolute atomic E-state index is 0.404. The van der Waals surface area contributed by atoms with Crippen molar-refractivity contribution in [3.05, 3.63) is 5.92 Å². The lowest BCUT2D eigenvalue weighted by molar-refractivity contribution is 0.385. The molecule has 0 N–H and O–H groups in total. The summed E-state index contributed by atoms with van der Waals surface area (Å²) in [5.74, 6) is 1.52. The summed E-state index contributed by atoms with van der Waals surface area (Å²) in [6.07, 6.45) is 1.21. The highest BCUT2D eigenvalue weighted by molar-refractivity contribution is 14.1. The van der Waals surface area contributed by atoms with E-state index in [0.717, 1.165) is 0 Å². The summed E-state index contributed by atoms with van der Waals surface area (Å²) in [4.78, 5) is 0. The average molecular weight is 282 g/mol. The first-order valence-electron chi connectivity index (χ1n) is 3.88. The van der Waals surface area contributed by atoms with E-state index < -0.39 is 0 Å². The maximum Gasteiger partial charge on any atom is 0.155 e. The quantitative estimate of drug-likeness (QED) is 0.244. The Morgan fingerprint density at radius 1 is 1.55 bits per heavy atom. The van der Waals surface area contributed by atoms with Crippen molar-refractivity contribution in [1.82, 2.24) is 0 Å². The maximum absolute atomic E-state index is 2.70. The van der Waals surface area contributed by atoms with Crippen molar-refractivity contribution >= 4 is 38.7 Å². The van der Waals surface area contributed by atoms with Gasteiger partial charge in [-0.1, -0.05) is 36.4 Å². The lowest BCUT2D eigenvalue weighted by Crippen LogP contribution is -2.28. The van der Waals surface area contributed by atoms with Gasteiger partial charge in [0.15, 0.2) is 7.00 Å². The highest BCUT2D eigenvalue weighted by atomic mass is 127. The van der Waals surface area contributed by atoms with Gasteiger partial charge in [0, 0.05) is 5.41 Å². The van der Waals surface area contributed by atoms with Crippen molar-refractivity contribution in [1.29, 1.82) is 0 Å². The lowest BCUT2D eigenvalue weighted by Gasteiger charge is -2.26. The fourth-order valence-corrected chi connectivity index (χ4v) is 2.01.